The maximum absolute atomic E-state index is 12.2. The summed E-state index contributed by atoms with van der Waals surface area (Å²) in [4.78, 5) is 23.6. The molecule has 108 valence electrons. The number of amides is 1. The number of ketones is 1. The number of halogens is 3. The number of rotatable bonds is 5. The van der Waals surface area contributed by atoms with Crippen molar-refractivity contribution in [3.63, 3.8) is 0 Å². The lowest BCUT2D eigenvalue weighted by molar-refractivity contribution is -0.165. The van der Waals surface area contributed by atoms with Gasteiger partial charge in [-0.1, -0.05) is 0 Å². The van der Waals surface area contributed by atoms with Crippen LogP contribution in [0.25, 0.3) is 0 Å². The van der Waals surface area contributed by atoms with Crippen molar-refractivity contribution in [3.8, 4) is 0 Å². The van der Waals surface area contributed by atoms with E-state index in [9.17, 15) is 22.8 Å². The molecule has 5 nitrogen and oxygen atoms in total. The van der Waals surface area contributed by atoms with Crippen LogP contribution in [-0.2, 0) is 14.3 Å². The molecular formula is C11H15F3N2O3. The van der Waals surface area contributed by atoms with Crippen LogP contribution in [0.2, 0.25) is 0 Å². The summed E-state index contributed by atoms with van der Waals surface area (Å²) in [7, 11) is 0. The molecule has 1 amide bonds. The number of carbonyl (C=O) groups excluding carboxylic acids is 2. The molecule has 1 heterocycles. The van der Waals surface area contributed by atoms with Gasteiger partial charge in [-0.2, -0.15) is 13.2 Å². The third kappa shape index (κ3) is 3.95. The first-order chi connectivity index (χ1) is 8.79. The molecule has 1 saturated heterocycles. The van der Waals surface area contributed by atoms with Gasteiger partial charge in [0.1, 0.15) is 0 Å². The van der Waals surface area contributed by atoms with E-state index in [-0.39, 0.29) is 37.9 Å². The highest BCUT2D eigenvalue weighted by atomic mass is 19.4. The van der Waals surface area contributed by atoms with E-state index in [4.69, 9.17) is 10.5 Å². The lowest BCUT2D eigenvalue weighted by atomic mass is 10.1. The quantitative estimate of drug-likeness (QED) is 0.597. The summed E-state index contributed by atoms with van der Waals surface area (Å²) in [5.74, 6) is -2.96. The molecule has 0 aliphatic carbocycles. The minimum absolute atomic E-state index is 0.0496. The number of ether oxygens (including phenoxy) is 1. The summed E-state index contributed by atoms with van der Waals surface area (Å²) in [6.45, 7) is 2.00. The van der Waals surface area contributed by atoms with E-state index in [0.29, 0.717) is 6.08 Å². The van der Waals surface area contributed by atoms with Crippen LogP contribution < -0.4 is 5.73 Å². The molecule has 0 aromatic heterocycles. The molecule has 1 fully saturated rings. The highest BCUT2D eigenvalue weighted by Gasteiger charge is 2.39. The van der Waals surface area contributed by atoms with Gasteiger partial charge < -0.3 is 10.5 Å². The van der Waals surface area contributed by atoms with Crippen molar-refractivity contribution >= 4 is 11.7 Å². The van der Waals surface area contributed by atoms with Crippen LogP contribution in [0.1, 0.15) is 13.3 Å². The Morgan fingerprint density at radius 1 is 1.58 bits per heavy atom. The first-order valence-electron chi connectivity index (χ1n) is 5.75. The van der Waals surface area contributed by atoms with Crippen LogP contribution in [0.15, 0.2) is 12.0 Å². The smallest absolute Gasteiger partial charge is 0.454 e. The Labute approximate surface area is 108 Å². The molecular weight excluding hydrogens is 265 g/mol. The number of nitrogens with two attached hydrogens (primary N) is 1. The summed E-state index contributed by atoms with van der Waals surface area (Å²) < 4.78 is 41.6. The monoisotopic (exact) mass is 280 g/mol. The van der Waals surface area contributed by atoms with Crippen LogP contribution in [0.3, 0.4) is 0 Å². The summed E-state index contributed by atoms with van der Waals surface area (Å²) >= 11 is 0. The number of nitrogens with zero attached hydrogens (tertiary/aromatic N) is 1. The van der Waals surface area contributed by atoms with E-state index in [2.05, 4.69) is 0 Å². The van der Waals surface area contributed by atoms with E-state index < -0.39 is 17.9 Å². The molecule has 1 rings (SSSR count). The molecule has 8 heteroatoms. The van der Waals surface area contributed by atoms with Gasteiger partial charge in [0.2, 0.25) is 5.91 Å². The Kier molecular flexibility index (Phi) is 4.93. The van der Waals surface area contributed by atoms with Crippen molar-refractivity contribution in [2.24, 2.45) is 11.7 Å². The molecule has 1 atom stereocenters. The molecule has 1 aliphatic heterocycles. The molecule has 0 aromatic carbocycles. The van der Waals surface area contributed by atoms with Gasteiger partial charge in [-0.3, -0.25) is 14.5 Å². The zero-order valence-corrected chi connectivity index (χ0v) is 10.4. The average molecular weight is 280 g/mol. The van der Waals surface area contributed by atoms with Gasteiger partial charge in [-0.25, -0.2) is 0 Å². The number of hydrogen-bond donors (Lipinski definition) is 1. The Morgan fingerprint density at radius 3 is 2.63 bits per heavy atom. The normalized spacial score (nSPS) is 20.9. The fraction of sp³-hybridized carbons (Fsp3) is 0.636. The fourth-order valence-electron chi connectivity index (χ4n) is 1.69. The molecule has 2 N–H and O–H groups in total. The van der Waals surface area contributed by atoms with Gasteiger partial charge in [-0.15, -0.1) is 0 Å². The van der Waals surface area contributed by atoms with Crippen LogP contribution in [0, 0.1) is 5.92 Å². The zero-order valence-electron chi connectivity index (χ0n) is 10.4. The third-order valence-corrected chi connectivity index (χ3v) is 2.63. The van der Waals surface area contributed by atoms with E-state index in [0.717, 1.165) is 4.90 Å². The first-order valence-corrected chi connectivity index (χ1v) is 5.75. The number of hydrogen-bond acceptors (Lipinski definition) is 4. The number of carbonyl (C=O) groups is 2. The number of alkyl halides is 3. The van der Waals surface area contributed by atoms with E-state index in [1.54, 1.807) is 6.92 Å². The lowest BCUT2D eigenvalue weighted by Gasteiger charge is -2.20. The van der Waals surface area contributed by atoms with Gasteiger partial charge in [0.25, 0.3) is 5.78 Å². The Bertz CT molecular complexity index is 393. The predicted octanol–water partition coefficient (Wildman–Crippen LogP) is 0.803. The largest absolute Gasteiger partial charge is 0.479 e. The minimum atomic E-state index is -4.99. The molecule has 1 unspecified atom stereocenters. The van der Waals surface area contributed by atoms with E-state index in [1.807, 2.05) is 0 Å². The topological polar surface area (TPSA) is 72.6 Å². The predicted molar refractivity (Wildman–Crippen MR) is 59.6 cm³/mol. The molecule has 0 bridgehead atoms. The lowest BCUT2D eigenvalue weighted by Crippen LogP contribution is -2.30. The highest BCUT2D eigenvalue weighted by molar-refractivity contribution is 5.95. The first kappa shape index (κ1) is 15.5. The summed E-state index contributed by atoms with van der Waals surface area (Å²) in [5, 5.41) is 0. The molecule has 19 heavy (non-hydrogen) atoms. The highest BCUT2D eigenvalue weighted by Crippen LogP contribution is 2.24. The van der Waals surface area contributed by atoms with Gasteiger partial charge in [0.15, 0.2) is 5.88 Å². The van der Waals surface area contributed by atoms with E-state index >= 15 is 0 Å². The van der Waals surface area contributed by atoms with Crippen molar-refractivity contribution < 1.29 is 27.5 Å². The van der Waals surface area contributed by atoms with Gasteiger partial charge in [-0.05, 0) is 19.4 Å². The number of allylic oxidation sites excluding steroid dienone is 1. The molecule has 0 spiro atoms. The molecule has 0 aromatic rings. The Morgan fingerprint density at radius 2 is 2.21 bits per heavy atom. The Hall–Kier alpha value is -1.57. The van der Waals surface area contributed by atoms with Crippen LogP contribution in [0.5, 0.6) is 0 Å². The third-order valence-electron chi connectivity index (χ3n) is 2.63. The summed E-state index contributed by atoms with van der Waals surface area (Å²) in [5.41, 5.74) is 5.42. The zero-order chi connectivity index (χ0) is 14.6. The van der Waals surface area contributed by atoms with Crippen LogP contribution in [0.4, 0.5) is 13.2 Å². The summed E-state index contributed by atoms with van der Waals surface area (Å²) in [6, 6.07) is 0. The second-order valence-corrected chi connectivity index (χ2v) is 4.09. The second kappa shape index (κ2) is 6.05. The van der Waals surface area contributed by atoms with Gasteiger partial charge in [0, 0.05) is 13.0 Å². The standard InChI is InChI=1S/C11H15F3N2O3/c1-2-19-10(4-8(17)11(12,13)14)16-6-7(5-15)3-9(16)18/h4,7H,2-3,5-6,15H2,1H3. The SMILES string of the molecule is CCOC(=CC(=O)C(F)(F)F)N1CC(CN)CC1=O. The van der Waals surface area contributed by atoms with Crippen molar-refractivity contribution in [2.75, 3.05) is 19.7 Å². The van der Waals surface area contributed by atoms with Crippen LogP contribution >= 0.6 is 0 Å². The van der Waals surface area contributed by atoms with Gasteiger partial charge >= 0.3 is 6.18 Å². The molecule has 0 saturated carbocycles. The van der Waals surface area contributed by atoms with Crippen LogP contribution in [-0.4, -0.2) is 42.5 Å². The summed E-state index contributed by atoms with van der Waals surface area (Å²) in [6.07, 6.45) is -4.54. The molecule has 0 radical (unpaired) electrons. The van der Waals surface area contributed by atoms with E-state index in [1.165, 1.54) is 0 Å². The van der Waals surface area contributed by atoms with Crippen molar-refractivity contribution in [1.29, 1.82) is 0 Å². The maximum atomic E-state index is 12.2. The fourth-order valence-corrected chi connectivity index (χ4v) is 1.69. The second-order valence-electron chi connectivity index (χ2n) is 4.09. The Balaban J connectivity index is 2.92. The van der Waals surface area contributed by atoms with Gasteiger partial charge in [0.05, 0.1) is 12.7 Å². The van der Waals surface area contributed by atoms with Crippen molar-refractivity contribution in [1.82, 2.24) is 4.90 Å². The molecule has 1 aliphatic rings. The van der Waals surface area contributed by atoms with Crippen molar-refractivity contribution in [2.45, 2.75) is 19.5 Å². The number of likely N-dealkylation sites (tertiary alicyclic amines) is 1. The average Bonchev–Trinajstić information content (AvgIpc) is 2.68. The maximum Gasteiger partial charge on any atom is 0.454 e. The van der Waals surface area contributed by atoms with Crippen molar-refractivity contribution in [3.05, 3.63) is 12.0 Å². The minimum Gasteiger partial charge on any atom is -0.479 e.